The van der Waals surface area contributed by atoms with Gasteiger partial charge >= 0.3 is 0 Å². The SMILES string of the molecule is CCNC(=NCC(C)(C)c1cccc(F)c1)NC1CCN(C(C)C)CC1. The summed E-state index contributed by atoms with van der Waals surface area (Å²) in [4.78, 5) is 7.32. The maximum absolute atomic E-state index is 13.6. The molecule has 1 aromatic rings. The summed E-state index contributed by atoms with van der Waals surface area (Å²) in [7, 11) is 0. The molecule has 0 bridgehead atoms. The maximum Gasteiger partial charge on any atom is 0.191 e. The highest BCUT2D eigenvalue weighted by Crippen LogP contribution is 2.24. The van der Waals surface area contributed by atoms with Crippen molar-refractivity contribution in [1.29, 1.82) is 0 Å². The summed E-state index contributed by atoms with van der Waals surface area (Å²) in [5.74, 6) is 0.668. The van der Waals surface area contributed by atoms with Crippen molar-refractivity contribution in [3.63, 3.8) is 0 Å². The van der Waals surface area contributed by atoms with E-state index in [4.69, 9.17) is 4.99 Å². The Morgan fingerprint density at radius 1 is 1.31 bits per heavy atom. The summed E-state index contributed by atoms with van der Waals surface area (Å²) < 4.78 is 13.6. The lowest BCUT2D eigenvalue weighted by Crippen LogP contribution is -2.50. The van der Waals surface area contributed by atoms with Crippen LogP contribution in [0.15, 0.2) is 29.3 Å². The molecule has 2 N–H and O–H groups in total. The van der Waals surface area contributed by atoms with E-state index < -0.39 is 0 Å². The number of hydrogen-bond donors (Lipinski definition) is 2. The first-order valence-electron chi connectivity index (χ1n) is 9.86. The van der Waals surface area contributed by atoms with E-state index in [0.29, 0.717) is 18.6 Å². The van der Waals surface area contributed by atoms with Crippen LogP contribution in [-0.2, 0) is 5.41 Å². The zero-order valence-corrected chi connectivity index (χ0v) is 17.0. The fourth-order valence-electron chi connectivity index (χ4n) is 3.35. The Labute approximate surface area is 158 Å². The Hall–Kier alpha value is -1.62. The lowest BCUT2D eigenvalue weighted by Gasteiger charge is -2.35. The molecule has 146 valence electrons. The Morgan fingerprint density at radius 2 is 2.00 bits per heavy atom. The standard InChI is InChI=1S/C21H35FN4/c1-6-23-20(25-19-10-12-26(13-11-19)16(2)3)24-15-21(4,5)17-8-7-9-18(22)14-17/h7-9,14,16,19H,6,10-13,15H2,1-5H3,(H2,23,24,25). The number of benzene rings is 1. The van der Waals surface area contributed by atoms with Crippen LogP contribution in [0.5, 0.6) is 0 Å². The van der Waals surface area contributed by atoms with Crippen LogP contribution in [0, 0.1) is 5.82 Å². The van der Waals surface area contributed by atoms with Crippen molar-refractivity contribution in [1.82, 2.24) is 15.5 Å². The van der Waals surface area contributed by atoms with Crippen molar-refractivity contribution in [2.45, 2.75) is 65.0 Å². The zero-order valence-electron chi connectivity index (χ0n) is 17.0. The second-order valence-electron chi connectivity index (χ2n) is 8.14. The van der Waals surface area contributed by atoms with Crippen molar-refractivity contribution in [3.05, 3.63) is 35.6 Å². The Morgan fingerprint density at radius 3 is 2.58 bits per heavy atom. The van der Waals surface area contributed by atoms with Crippen LogP contribution < -0.4 is 10.6 Å². The largest absolute Gasteiger partial charge is 0.357 e. The van der Waals surface area contributed by atoms with Gasteiger partial charge in [-0.05, 0) is 51.3 Å². The number of nitrogens with one attached hydrogen (secondary N) is 2. The smallest absolute Gasteiger partial charge is 0.191 e. The van der Waals surface area contributed by atoms with Gasteiger partial charge < -0.3 is 15.5 Å². The summed E-state index contributed by atoms with van der Waals surface area (Å²) in [6.45, 7) is 14.5. The molecule has 2 rings (SSSR count). The Balaban J connectivity index is 1.98. The summed E-state index contributed by atoms with van der Waals surface area (Å²) in [5.41, 5.74) is 0.758. The molecule has 0 atom stereocenters. The lowest BCUT2D eigenvalue weighted by molar-refractivity contribution is 0.167. The van der Waals surface area contributed by atoms with Crippen molar-refractivity contribution in [2.75, 3.05) is 26.2 Å². The van der Waals surface area contributed by atoms with Gasteiger partial charge in [-0.2, -0.15) is 0 Å². The average Bonchev–Trinajstić information content (AvgIpc) is 2.60. The van der Waals surface area contributed by atoms with Crippen molar-refractivity contribution < 1.29 is 4.39 Å². The molecule has 1 aliphatic heterocycles. The first-order valence-corrected chi connectivity index (χ1v) is 9.86. The van der Waals surface area contributed by atoms with Gasteiger partial charge in [-0.3, -0.25) is 4.99 Å². The van der Waals surface area contributed by atoms with Crippen LogP contribution in [0.25, 0.3) is 0 Å². The third-order valence-electron chi connectivity index (χ3n) is 5.18. The van der Waals surface area contributed by atoms with E-state index in [1.807, 2.05) is 6.07 Å². The quantitative estimate of drug-likeness (QED) is 0.601. The van der Waals surface area contributed by atoms with Gasteiger partial charge in [-0.1, -0.05) is 26.0 Å². The number of halogens is 1. The molecule has 0 aromatic heterocycles. The van der Waals surface area contributed by atoms with Crippen LogP contribution in [-0.4, -0.2) is 49.1 Å². The molecule has 1 fully saturated rings. The summed E-state index contributed by atoms with van der Waals surface area (Å²) >= 11 is 0. The lowest BCUT2D eigenvalue weighted by atomic mass is 9.85. The molecule has 0 amide bonds. The molecule has 0 unspecified atom stereocenters. The highest BCUT2D eigenvalue weighted by molar-refractivity contribution is 5.80. The van der Waals surface area contributed by atoms with Gasteiger partial charge in [0.2, 0.25) is 0 Å². The van der Waals surface area contributed by atoms with Crippen molar-refractivity contribution >= 4 is 5.96 Å². The second-order valence-corrected chi connectivity index (χ2v) is 8.14. The van der Waals surface area contributed by atoms with Crippen molar-refractivity contribution in [3.8, 4) is 0 Å². The molecule has 1 aliphatic rings. The first kappa shape index (κ1) is 20.7. The molecule has 0 spiro atoms. The number of piperidine rings is 1. The van der Waals surface area contributed by atoms with Gasteiger partial charge in [-0.25, -0.2) is 4.39 Å². The average molecular weight is 363 g/mol. The monoisotopic (exact) mass is 362 g/mol. The molecule has 1 saturated heterocycles. The van der Waals surface area contributed by atoms with Crippen LogP contribution in [0.1, 0.15) is 53.0 Å². The van der Waals surface area contributed by atoms with Crippen LogP contribution in [0.2, 0.25) is 0 Å². The topological polar surface area (TPSA) is 39.7 Å². The number of aliphatic imine (C=N–C) groups is 1. The number of nitrogens with zero attached hydrogens (tertiary/aromatic N) is 2. The first-order chi connectivity index (χ1) is 12.3. The van der Waals surface area contributed by atoms with Crippen LogP contribution in [0.4, 0.5) is 4.39 Å². The Kier molecular flexibility index (Phi) is 7.44. The summed E-state index contributed by atoms with van der Waals surface area (Å²) in [5, 5.41) is 6.94. The molecule has 0 saturated carbocycles. The van der Waals surface area contributed by atoms with Gasteiger partial charge in [0.15, 0.2) is 5.96 Å². The van der Waals surface area contributed by atoms with E-state index in [1.165, 1.54) is 6.07 Å². The maximum atomic E-state index is 13.6. The van der Waals surface area contributed by atoms with E-state index in [9.17, 15) is 4.39 Å². The predicted octanol–water partition coefficient (Wildman–Crippen LogP) is 3.53. The number of rotatable bonds is 6. The summed E-state index contributed by atoms with van der Waals surface area (Å²) in [6, 6.07) is 7.91. The molecule has 0 radical (unpaired) electrons. The minimum atomic E-state index is -0.217. The third-order valence-corrected chi connectivity index (χ3v) is 5.18. The Bertz CT molecular complexity index is 589. The van der Waals surface area contributed by atoms with Crippen LogP contribution in [0.3, 0.4) is 0 Å². The number of likely N-dealkylation sites (tertiary alicyclic amines) is 1. The molecular formula is C21H35FN4. The highest BCUT2D eigenvalue weighted by Gasteiger charge is 2.23. The molecule has 0 aliphatic carbocycles. The fraction of sp³-hybridized carbons (Fsp3) is 0.667. The number of hydrogen-bond acceptors (Lipinski definition) is 2. The normalized spacial score (nSPS) is 17.6. The molecule has 26 heavy (non-hydrogen) atoms. The zero-order chi connectivity index (χ0) is 19.2. The molecular weight excluding hydrogens is 327 g/mol. The van der Waals surface area contributed by atoms with E-state index in [-0.39, 0.29) is 11.2 Å². The minimum absolute atomic E-state index is 0.193. The van der Waals surface area contributed by atoms with E-state index in [0.717, 1.165) is 44.0 Å². The molecule has 1 heterocycles. The molecule has 1 aromatic carbocycles. The second kappa shape index (κ2) is 9.36. The van der Waals surface area contributed by atoms with E-state index in [1.54, 1.807) is 12.1 Å². The number of guanidine groups is 1. The predicted molar refractivity (Wildman–Crippen MR) is 108 cm³/mol. The van der Waals surface area contributed by atoms with Gasteiger partial charge in [0.1, 0.15) is 5.82 Å². The summed E-state index contributed by atoms with van der Waals surface area (Å²) in [6.07, 6.45) is 2.27. The van der Waals surface area contributed by atoms with Crippen LogP contribution >= 0.6 is 0 Å². The van der Waals surface area contributed by atoms with E-state index in [2.05, 4.69) is 50.2 Å². The fourth-order valence-corrected chi connectivity index (χ4v) is 3.35. The van der Waals surface area contributed by atoms with Gasteiger partial charge in [0.25, 0.3) is 0 Å². The highest BCUT2D eigenvalue weighted by atomic mass is 19.1. The minimum Gasteiger partial charge on any atom is -0.357 e. The van der Waals surface area contributed by atoms with Gasteiger partial charge in [0, 0.05) is 37.1 Å². The molecule has 4 nitrogen and oxygen atoms in total. The molecule has 5 heteroatoms. The van der Waals surface area contributed by atoms with Crippen molar-refractivity contribution in [2.24, 2.45) is 4.99 Å². The van der Waals surface area contributed by atoms with Gasteiger partial charge in [-0.15, -0.1) is 0 Å². The van der Waals surface area contributed by atoms with E-state index >= 15 is 0 Å². The van der Waals surface area contributed by atoms with Gasteiger partial charge in [0.05, 0.1) is 6.54 Å². The third kappa shape index (κ3) is 5.97.